The van der Waals surface area contributed by atoms with Gasteiger partial charge in [0.2, 0.25) is 0 Å². The first-order valence-electron chi connectivity index (χ1n) is 6.47. The van der Waals surface area contributed by atoms with Gasteiger partial charge in [-0.2, -0.15) is 4.98 Å². The Morgan fingerprint density at radius 2 is 2.29 bits per heavy atom. The number of nitrogens with one attached hydrogen (secondary N) is 1. The van der Waals surface area contributed by atoms with Crippen molar-refractivity contribution >= 4 is 32.6 Å². The van der Waals surface area contributed by atoms with Crippen molar-refractivity contribution in [1.29, 1.82) is 0 Å². The number of rotatable bonds is 4. The van der Waals surface area contributed by atoms with Crippen molar-refractivity contribution < 1.29 is 17.8 Å². The standard InChI is InChI=1S/C12H13N3O5S/c16-15(17)9-4-1-5-10-11(9)14-12(20-10)13-7-8-3-2-6-21(8,18)19/h1,4-5,8H,2-3,6-7H2,(H,13,14). The summed E-state index contributed by atoms with van der Waals surface area (Å²) in [5.41, 5.74) is 0.304. The third-order valence-corrected chi connectivity index (χ3v) is 5.81. The van der Waals surface area contributed by atoms with Gasteiger partial charge in [-0.3, -0.25) is 10.1 Å². The smallest absolute Gasteiger partial charge is 0.298 e. The van der Waals surface area contributed by atoms with Gasteiger partial charge in [-0.25, -0.2) is 8.42 Å². The molecule has 21 heavy (non-hydrogen) atoms. The van der Waals surface area contributed by atoms with Crippen molar-refractivity contribution in [3.63, 3.8) is 0 Å². The first-order chi connectivity index (χ1) is 9.97. The summed E-state index contributed by atoms with van der Waals surface area (Å²) in [6, 6.07) is 4.53. The first kappa shape index (κ1) is 13.8. The number of aromatic nitrogens is 1. The van der Waals surface area contributed by atoms with Crippen LogP contribution in [-0.4, -0.2) is 35.9 Å². The molecule has 1 aromatic carbocycles. The molecule has 1 aromatic heterocycles. The molecule has 8 nitrogen and oxygen atoms in total. The fourth-order valence-electron chi connectivity index (χ4n) is 2.45. The number of nitrogens with zero attached hydrogens (tertiary/aromatic N) is 2. The van der Waals surface area contributed by atoms with E-state index < -0.39 is 20.0 Å². The lowest BCUT2D eigenvalue weighted by Crippen LogP contribution is -2.25. The number of anilines is 1. The number of nitro groups is 1. The van der Waals surface area contributed by atoms with E-state index in [1.54, 1.807) is 6.07 Å². The Balaban J connectivity index is 1.82. The summed E-state index contributed by atoms with van der Waals surface area (Å²) in [4.78, 5) is 14.4. The zero-order valence-corrected chi connectivity index (χ0v) is 11.8. The van der Waals surface area contributed by atoms with Crippen molar-refractivity contribution in [2.45, 2.75) is 18.1 Å². The van der Waals surface area contributed by atoms with E-state index in [1.165, 1.54) is 12.1 Å². The lowest BCUT2D eigenvalue weighted by molar-refractivity contribution is -0.383. The van der Waals surface area contributed by atoms with Gasteiger partial charge in [-0.05, 0) is 18.9 Å². The molecule has 2 heterocycles. The zero-order valence-electron chi connectivity index (χ0n) is 11.0. The molecule has 2 aromatic rings. The average molecular weight is 311 g/mol. The quantitative estimate of drug-likeness (QED) is 0.675. The Kier molecular flexibility index (Phi) is 3.28. The van der Waals surface area contributed by atoms with E-state index in [4.69, 9.17) is 4.42 Å². The third kappa shape index (κ3) is 2.56. The van der Waals surface area contributed by atoms with Crippen LogP contribution in [0.5, 0.6) is 0 Å². The van der Waals surface area contributed by atoms with Crippen LogP contribution in [0.4, 0.5) is 11.7 Å². The maximum Gasteiger partial charge on any atom is 0.298 e. The van der Waals surface area contributed by atoms with E-state index >= 15 is 0 Å². The summed E-state index contributed by atoms with van der Waals surface area (Å²) in [5.74, 6) is 0.207. The molecular weight excluding hydrogens is 298 g/mol. The zero-order chi connectivity index (χ0) is 15.0. The second-order valence-corrected chi connectivity index (χ2v) is 7.31. The van der Waals surface area contributed by atoms with E-state index in [0.29, 0.717) is 18.4 Å². The fourth-order valence-corrected chi connectivity index (χ4v) is 4.21. The van der Waals surface area contributed by atoms with Crippen molar-refractivity contribution in [3.8, 4) is 0 Å². The summed E-state index contributed by atoms with van der Waals surface area (Å²) in [6.45, 7) is 0.197. The molecule has 3 rings (SSSR count). The number of non-ortho nitro benzene ring substituents is 1. The van der Waals surface area contributed by atoms with E-state index in [1.807, 2.05) is 0 Å². The van der Waals surface area contributed by atoms with Crippen molar-refractivity contribution in [2.75, 3.05) is 17.6 Å². The molecule has 9 heteroatoms. The summed E-state index contributed by atoms with van der Waals surface area (Å²) in [7, 11) is -3.05. The summed E-state index contributed by atoms with van der Waals surface area (Å²) >= 11 is 0. The Morgan fingerprint density at radius 1 is 1.48 bits per heavy atom. The highest BCUT2D eigenvalue weighted by atomic mass is 32.2. The Labute approximate surface area is 120 Å². The summed E-state index contributed by atoms with van der Waals surface area (Å²) in [5, 5.41) is 13.3. The highest BCUT2D eigenvalue weighted by Gasteiger charge is 2.31. The minimum absolute atomic E-state index is 0.0985. The molecule has 1 aliphatic heterocycles. The predicted molar refractivity (Wildman–Crippen MR) is 76.0 cm³/mol. The van der Waals surface area contributed by atoms with Gasteiger partial charge in [0.05, 0.1) is 15.9 Å². The van der Waals surface area contributed by atoms with Crippen LogP contribution in [0.3, 0.4) is 0 Å². The SMILES string of the molecule is O=[N+]([O-])c1cccc2oc(NCC3CCCS3(=O)=O)nc12. The van der Waals surface area contributed by atoms with Gasteiger partial charge in [0.1, 0.15) is 0 Å². The molecule has 112 valence electrons. The van der Waals surface area contributed by atoms with Gasteiger partial charge >= 0.3 is 0 Å². The minimum atomic E-state index is -3.05. The number of benzene rings is 1. The molecule has 1 fully saturated rings. The van der Waals surface area contributed by atoms with Crippen LogP contribution >= 0.6 is 0 Å². The number of oxazole rings is 1. The Bertz CT molecular complexity index is 798. The minimum Gasteiger partial charge on any atom is -0.423 e. The molecule has 1 saturated heterocycles. The maximum absolute atomic E-state index is 11.7. The molecule has 0 radical (unpaired) electrons. The number of para-hydroxylation sites is 1. The molecule has 0 amide bonds. The molecule has 1 atom stereocenters. The average Bonchev–Trinajstić information content (AvgIpc) is 2.97. The van der Waals surface area contributed by atoms with Gasteiger partial charge in [0, 0.05) is 12.6 Å². The molecule has 0 spiro atoms. The lowest BCUT2D eigenvalue weighted by atomic mass is 10.2. The number of sulfone groups is 1. The molecule has 1 N–H and O–H groups in total. The second kappa shape index (κ2) is 4.99. The van der Waals surface area contributed by atoms with Crippen LogP contribution < -0.4 is 5.32 Å². The van der Waals surface area contributed by atoms with E-state index in [0.717, 1.165) is 0 Å². The molecule has 0 bridgehead atoms. The van der Waals surface area contributed by atoms with Crippen LogP contribution in [0, 0.1) is 10.1 Å². The van der Waals surface area contributed by atoms with Gasteiger partial charge < -0.3 is 9.73 Å². The van der Waals surface area contributed by atoms with Crippen LogP contribution in [0.2, 0.25) is 0 Å². The van der Waals surface area contributed by atoms with Crippen molar-refractivity contribution in [2.24, 2.45) is 0 Å². The Hall–Kier alpha value is -2.16. The molecule has 1 unspecified atom stereocenters. The summed E-state index contributed by atoms with van der Waals surface area (Å²) < 4.78 is 28.8. The van der Waals surface area contributed by atoms with Gasteiger partial charge in [-0.15, -0.1) is 0 Å². The van der Waals surface area contributed by atoms with Gasteiger partial charge in [0.15, 0.2) is 20.9 Å². The van der Waals surface area contributed by atoms with Crippen LogP contribution in [0.15, 0.2) is 22.6 Å². The van der Waals surface area contributed by atoms with Crippen molar-refractivity contribution in [1.82, 2.24) is 4.98 Å². The number of hydrogen-bond donors (Lipinski definition) is 1. The number of fused-ring (bicyclic) bond motifs is 1. The highest BCUT2D eigenvalue weighted by Crippen LogP contribution is 2.28. The summed E-state index contributed by atoms with van der Waals surface area (Å²) in [6.07, 6.45) is 1.27. The maximum atomic E-state index is 11.7. The Morgan fingerprint density at radius 3 is 2.95 bits per heavy atom. The number of nitro benzene ring substituents is 1. The highest BCUT2D eigenvalue weighted by molar-refractivity contribution is 7.92. The third-order valence-electron chi connectivity index (χ3n) is 3.54. The largest absolute Gasteiger partial charge is 0.423 e. The van der Waals surface area contributed by atoms with E-state index in [-0.39, 0.29) is 29.5 Å². The van der Waals surface area contributed by atoms with Crippen molar-refractivity contribution in [3.05, 3.63) is 28.3 Å². The lowest BCUT2D eigenvalue weighted by Gasteiger charge is -2.08. The topological polar surface area (TPSA) is 115 Å². The van der Waals surface area contributed by atoms with E-state index in [9.17, 15) is 18.5 Å². The van der Waals surface area contributed by atoms with Gasteiger partial charge in [-0.1, -0.05) is 6.07 Å². The normalized spacial score (nSPS) is 20.7. The van der Waals surface area contributed by atoms with E-state index in [2.05, 4.69) is 10.3 Å². The monoisotopic (exact) mass is 311 g/mol. The first-order valence-corrected chi connectivity index (χ1v) is 8.18. The van der Waals surface area contributed by atoms with Crippen LogP contribution in [-0.2, 0) is 9.84 Å². The molecular formula is C12H13N3O5S. The predicted octanol–water partition coefficient (Wildman–Crippen LogP) is 1.73. The van der Waals surface area contributed by atoms with Crippen LogP contribution in [0.1, 0.15) is 12.8 Å². The molecule has 0 saturated carbocycles. The molecule has 1 aliphatic rings. The fraction of sp³-hybridized carbons (Fsp3) is 0.417. The second-order valence-electron chi connectivity index (χ2n) is 4.91. The van der Waals surface area contributed by atoms with Crippen LogP contribution in [0.25, 0.3) is 11.1 Å². The van der Waals surface area contributed by atoms with Gasteiger partial charge in [0.25, 0.3) is 11.7 Å². The molecule has 0 aliphatic carbocycles. The number of hydrogen-bond acceptors (Lipinski definition) is 7.